The summed E-state index contributed by atoms with van der Waals surface area (Å²) in [6.07, 6.45) is 0. The molecule has 0 aliphatic rings. The Kier molecular flexibility index (Phi) is 10.5. The number of nitrogens with zero attached hydrogens (tertiary/aromatic N) is 2. The van der Waals surface area contributed by atoms with Crippen LogP contribution < -0.4 is 4.90 Å². The van der Waals surface area contributed by atoms with Gasteiger partial charge < -0.3 is 9.47 Å². The number of aromatic nitrogens is 1. The van der Waals surface area contributed by atoms with Gasteiger partial charge in [0.25, 0.3) is 0 Å². The highest BCUT2D eigenvalue weighted by Gasteiger charge is 2.26. The van der Waals surface area contributed by atoms with Crippen molar-refractivity contribution in [1.29, 1.82) is 0 Å². The Hall–Kier alpha value is -7.16. The second-order valence-corrected chi connectivity index (χ2v) is 24.0. The summed E-state index contributed by atoms with van der Waals surface area (Å²) in [6.45, 7) is 27.8. The summed E-state index contributed by atoms with van der Waals surface area (Å²) in [5, 5.41) is 10.1. The van der Waals surface area contributed by atoms with Crippen molar-refractivity contribution in [3.05, 3.63) is 204 Å². The zero-order chi connectivity index (χ0) is 49.1. The number of anilines is 3. The second-order valence-electron chi connectivity index (χ2n) is 24.0. The van der Waals surface area contributed by atoms with Gasteiger partial charge >= 0.3 is 0 Å². The van der Waals surface area contributed by atoms with E-state index < -0.39 is 0 Å². The lowest BCUT2D eigenvalue weighted by Gasteiger charge is -2.29. The summed E-state index contributed by atoms with van der Waals surface area (Å²) in [6, 6.07) is 69.4. The molecule has 2 nitrogen and oxygen atoms in total. The average Bonchev–Trinajstić information content (AvgIpc) is 3.66. The normalized spacial score (nSPS) is 12.9. The third-order valence-electron chi connectivity index (χ3n) is 15.0. The standard InChI is InChI=1S/C68H66N2/c1-65(2,3)47-27-32-52(33-28-47)69(51-30-21-43(22-31-51)58-42-48(66(4,5)6)29-36-53(58)46-39-49(67(7,8)9)41-50(40-46)68(10,11)12)61-37-25-44-24-35-57-62(38-26-45-23-34-56(61)63(44)64(45)57)70-59-19-15-13-17-54(59)55-18-14-16-20-60(55)70/h13-42H,1-12H3. The van der Waals surface area contributed by atoms with Crippen molar-refractivity contribution in [1.82, 2.24) is 4.57 Å². The summed E-state index contributed by atoms with van der Waals surface area (Å²) >= 11 is 0. The minimum Gasteiger partial charge on any atom is -0.310 e. The van der Waals surface area contributed by atoms with Crippen LogP contribution in [-0.4, -0.2) is 4.57 Å². The van der Waals surface area contributed by atoms with Crippen molar-refractivity contribution < 1.29 is 0 Å². The van der Waals surface area contributed by atoms with E-state index in [0.717, 1.165) is 17.1 Å². The lowest BCUT2D eigenvalue weighted by atomic mass is 9.77. The van der Waals surface area contributed by atoms with Crippen LogP contribution in [0.1, 0.15) is 105 Å². The Bertz CT molecular complexity index is 3690. The maximum absolute atomic E-state index is 2.48. The van der Waals surface area contributed by atoms with Gasteiger partial charge in [0.05, 0.1) is 22.4 Å². The van der Waals surface area contributed by atoms with Crippen LogP contribution in [0.3, 0.4) is 0 Å². The molecule has 348 valence electrons. The lowest BCUT2D eigenvalue weighted by molar-refractivity contribution is 0.569. The molecule has 10 aromatic carbocycles. The number of rotatable bonds is 6. The Morgan fingerprint density at radius 2 is 0.800 bits per heavy atom. The Labute approximate surface area is 415 Å². The molecule has 11 rings (SSSR count). The minimum absolute atomic E-state index is 0.00763. The molecule has 0 fully saturated rings. The van der Waals surface area contributed by atoms with Gasteiger partial charge in [-0.2, -0.15) is 0 Å². The number of para-hydroxylation sites is 2. The number of hydrogen-bond acceptors (Lipinski definition) is 1. The molecule has 0 unspecified atom stereocenters. The molecule has 11 aromatic rings. The van der Waals surface area contributed by atoms with Crippen LogP contribution in [0, 0.1) is 0 Å². The van der Waals surface area contributed by atoms with Gasteiger partial charge in [0.1, 0.15) is 0 Å². The summed E-state index contributed by atoms with van der Waals surface area (Å²) in [7, 11) is 0. The smallest absolute Gasteiger partial charge is 0.0541 e. The predicted molar refractivity (Wildman–Crippen MR) is 305 cm³/mol. The van der Waals surface area contributed by atoms with Gasteiger partial charge in [-0.05, 0) is 136 Å². The van der Waals surface area contributed by atoms with Crippen LogP contribution in [0.2, 0.25) is 0 Å². The third kappa shape index (κ3) is 7.73. The number of hydrogen-bond donors (Lipinski definition) is 0. The van der Waals surface area contributed by atoms with Gasteiger partial charge in [0, 0.05) is 32.9 Å². The van der Waals surface area contributed by atoms with Gasteiger partial charge in [-0.15, -0.1) is 0 Å². The fourth-order valence-electron chi connectivity index (χ4n) is 10.8. The van der Waals surface area contributed by atoms with E-state index in [1.807, 2.05) is 0 Å². The molecule has 0 aliphatic heterocycles. The number of fused-ring (bicyclic) bond motifs is 3. The van der Waals surface area contributed by atoms with E-state index in [2.05, 4.69) is 275 Å². The van der Waals surface area contributed by atoms with Crippen LogP contribution in [0.25, 0.3) is 82.1 Å². The first-order chi connectivity index (χ1) is 33.2. The highest BCUT2D eigenvalue weighted by Crippen LogP contribution is 2.47. The van der Waals surface area contributed by atoms with Crippen molar-refractivity contribution in [3.8, 4) is 27.9 Å². The topological polar surface area (TPSA) is 8.17 Å². The van der Waals surface area contributed by atoms with Crippen molar-refractivity contribution >= 4 is 71.2 Å². The molecule has 2 heteroatoms. The first-order valence-electron chi connectivity index (χ1n) is 25.3. The third-order valence-corrected chi connectivity index (χ3v) is 15.0. The highest BCUT2D eigenvalue weighted by molar-refractivity contribution is 6.27. The first kappa shape index (κ1) is 45.3. The molecular formula is C68H66N2. The largest absolute Gasteiger partial charge is 0.310 e. The van der Waals surface area contributed by atoms with E-state index in [4.69, 9.17) is 0 Å². The zero-order valence-corrected chi connectivity index (χ0v) is 43.2. The molecule has 0 amide bonds. The fraction of sp³-hybridized carbons (Fsp3) is 0.235. The molecule has 1 aromatic heterocycles. The van der Waals surface area contributed by atoms with E-state index in [0.29, 0.717) is 0 Å². The molecule has 1 heterocycles. The van der Waals surface area contributed by atoms with Gasteiger partial charge in [-0.1, -0.05) is 217 Å². The van der Waals surface area contributed by atoms with Gasteiger partial charge in [-0.25, -0.2) is 0 Å². The van der Waals surface area contributed by atoms with Crippen molar-refractivity contribution in [2.24, 2.45) is 0 Å². The molecule has 0 radical (unpaired) electrons. The monoisotopic (exact) mass is 911 g/mol. The van der Waals surface area contributed by atoms with E-state index in [-0.39, 0.29) is 21.7 Å². The Morgan fingerprint density at radius 3 is 1.36 bits per heavy atom. The van der Waals surface area contributed by atoms with Crippen LogP contribution >= 0.6 is 0 Å². The van der Waals surface area contributed by atoms with Crippen molar-refractivity contribution in [2.45, 2.75) is 105 Å². The first-order valence-corrected chi connectivity index (χ1v) is 25.3. The van der Waals surface area contributed by atoms with Crippen LogP contribution in [0.4, 0.5) is 17.1 Å². The minimum atomic E-state index is -0.00763. The van der Waals surface area contributed by atoms with Crippen molar-refractivity contribution in [2.75, 3.05) is 4.90 Å². The van der Waals surface area contributed by atoms with E-state index in [1.54, 1.807) is 0 Å². The molecule has 0 atom stereocenters. The molecule has 70 heavy (non-hydrogen) atoms. The Balaban J connectivity index is 1.11. The van der Waals surface area contributed by atoms with Crippen LogP contribution in [0.5, 0.6) is 0 Å². The summed E-state index contributed by atoms with van der Waals surface area (Å²) in [4.78, 5) is 2.48. The number of benzene rings is 10. The quantitative estimate of drug-likeness (QED) is 0.151. The lowest BCUT2D eigenvalue weighted by Crippen LogP contribution is -2.16. The van der Waals surface area contributed by atoms with Crippen LogP contribution in [0.15, 0.2) is 182 Å². The molecule has 0 aliphatic carbocycles. The Morgan fingerprint density at radius 1 is 0.329 bits per heavy atom. The SMILES string of the molecule is CC(C)(C)c1ccc(N(c2ccc(-c3cc(C(C)(C)C)ccc3-c3cc(C(C)(C)C)cc(C(C)(C)C)c3)cc2)c2ccc3ccc4c(-n5c6ccccc6c6ccccc65)ccc5ccc2c3c54)cc1. The summed E-state index contributed by atoms with van der Waals surface area (Å²) in [5.74, 6) is 0. The molecule has 0 N–H and O–H groups in total. The second kappa shape index (κ2) is 16.2. The zero-order valence-electron chi connectivity index (χ0n) is 43.2. The summed E-state index contributed by atoms with van der Waals surface area (Å²) < 4.78 is 2.47. The average molecular weight is 911 g/mol. The van der Waals surface area contributed by atoms with Gasteiger partial charge in [0.2, 0.25) is 0 Å². The fourth-order valence-corrected chi connectivity index (χ4v) is 10.8. The molecule has 0 saturated carbocycles. The van der Waals surface area contributed by atoms with Crippen molar-refractivity contribution in [3.63, 3.8) is 0 Å². The molecule has 0 saturated heterocycles. The predicted octanol–water partition coefficient (Wildman–Crippen LogP) is 19.7. The molecule has 0 spiro atoms. The molecule has 0 bridgehead atoms. The van der Waals surface area contributed by atoms with Gasteiger partial charge in [0.15, 0.2) is 0 Å². The highest BCUT2D eigenvalue weighted by atomic mass is 15.1. The van der Waals surface area contributed by atoms with Crippen LogP contribution in [-0.2, 0) is 21.7 Å². The summed E-state index contributed by atoms with van der Waals surface area (Å²) in [5.41, 5.74) is 17.5. The maximum atomic E-state index is 2.48. The van der Waals surface area contributed by atoms with E-state index in [1.165, 1.54) is 104 Å². The molecular weight excluding hydrogens is 845 g/mol. The van der Waals surface area contributed by atoms with E-state index in [9.17, 15) is 0 Å². The maximum Gasteiger partial charge on any atom is 0.0541 e. The van der Waals surface area contributed by atoms with Gasteiger partial charge in [-0.3, -0.25) is 0 Å². The van der Waals surface area contributed by atoms with E-state index >= 15 is 0 Å².